The third-order valence-corrected chi connectivity index (χ3v) is 13.0. The molecule has 1 unspecified atom stereocenters. The number of hydrogen-bond donors (Lipinski definition) is 4. The molecule has 0 saturated heterocycles. The molecule has 16 nitrogen and oxygen atoms in total. The summed E-state index contributed by atoms with van der Waals surface area (Å²) in [6.45, 7) is 7.32. The maximum atomic E-state index is 12.3. The van der Waals surface area contributed by atoms with Crippen molar-refractivity contribution in [2.45, 2.75) is 87.9 Å². The van der Waals surface area contributed by atoms with Gasteiger partial charge < -0.3 is 10.2 Å². The Morgan fingerprint density at radius 1 is 0.879 bits per heavy atom. The molecule has 316 valence electrons. The minimum absolute atomic E-state index is 0.0642. The molecule has 19 heteroatoms. The molecule has 0 aromatic heterocycles. The lowest BCUT2D eigenvalue weighted by atomic mass is 9.77. The molecule has 0 spiro atoms. The van der Waals surface area contributed by atoms with Crippen molar-refractivity contribution in [3.8, 4) is 0 Å². The Kier molecular flexibility index (Phi) is 15.7. The van der Waals surface area contributed by atoms with Crippen LogP contribution in [-0.2, 0) is 46.0 Å². The fourth-order valence-electron chi connectivity index (χ4n) is 7.70. The quantitative estimate of drug-likeness (QED) is 0.0192. The third-order valence-electron chi connectivity index (χ3n) is 10.5. The smallest absolute Gasteiger partial charge is 0.294 e. The summed E-state index contributed by atoms with van der Waals surface area (Å²) < 4.78 is 102. The van der Waals surface area contributed by atoms with Crippen LogP contribution in [0.25, 0.3) is 10.4 Å². The van der Waals surface area contributed by atoms with Crippen molar-refractivity contribution in [2.24, 2.45) is 5.11 Å². The predicted molar refractivity (Wildman–Crippen MR) is 223 cm³/mol. The summed E-state index contributed by atoms with van der Waals surface area (Å²) in [6.07, 6.45) is 12.8. The normalized spacial score (nSPS) is 18.6. The van der Waals surface area contributed by atoms with Gasteiger partial charge in [-0.1, -0.05) is 54.4 Å². The van der Waals surface area contributed by atoms with Gasteiger partial charge in [0, 0.05) is 71.9 Å². The van der Waals surface area contributed by atoms with Crippen LogP contribution >= 0.6 is 0 Å². The molecule has 2 aromatic carbocycles. The highest BCUT2D eigenvalue weighted by Gasteiger charge is 2.45. The molecule has 2 aromatic rings. The van der Waals surface area contributed by atoms with Crippen molar-refractivity contribution < 1.29 is 48.3 Å². The highest BCUT2D eigenvalue weighted by Crippen LogP contribution is 2.51. The first-order valence-electron chi connectivity index (χ1n) is 19.1. The predicted octanol–water partition coefficient (Wildman–Crippen LogP) is 6.41. The van der Waals surface area contributed by atoms with Crippen molar-refractivity contribution >= 4 is 53.3 Å². The molecule has 1 atom stereocenters. The first-order chi connectivity index (χ1) is 27.2. The molecule has 1 amide bonds. The topological polar surface area (TPSA) is 247 Å². The van der Waals surface area contributed by atoms with E-state index in [1.54, 1.807) is 6.07 Å². The SMILES string of the molecule is CC1(C)C(C=CC=CC=C2N(CCCS(=O)(=O)O)c3ccc(S(=O)(=O)O)cc3C2(C)CCCCCC(=O)NCCCN=[N+]=[N-])=[N+](CCCS(=O)(=O)O)c2ccccc21. The highest BCUT2D eigenvalue weighted by atomic mass is 32.2. The Morgan fingerprint density at radius 3 is 2.28 bits per heavy atom. The van der Waals surface area contributed by atoms with Gasteiger partial charge in [-0.25, -0.2) is 0 Å². The fraction of sp³-hybridized carbons (Fsp3) is 0.487. The standard InChI is InChI=1S/C39H52N6O10S3/c1-38(2)31-15-9-10-16-33(31)44(25-13-27-56(47,48)49)35(38)17-6-4-7-18-36-39(3,22-11-5-8-19-37(46)41-23-12-24-42-43-40)32-29-30(58(53,54)55)20-21-34(32)45(36)26-14-28-57(50,51)52/h4,6-7,9-10,15-18,20-21,29H,5,8,11-14,19,22-28H2,1-3H3,(H3-,41,46,47,48,49,50,51,52,53,54,55)/p+1. The summed E-state index contributed by atoms with van der Waals surface area (Å²) >= 11 is 0. The van der Waals surface area contributed by atoms with Crippen molar-refractivity contribution in [1.82, 2.24) is 5.32 Å². The first-order valence-corrected chi connectivity index (χ1v) is 23.7. The molecular formula is C39H53N6O10S3+. The van der Waals surface area contributed by atoms with E-state index >= 15 is 0 Å². The van der Waals surface area contributed by atoms with E-state index in [9.17, 15) is 43.7 Å². The number of nitrogens with zero attached hydrogens (tertiary/aromatic N) is 5. The molecule has 0 saturated carbocycles. The van der Waals surface area contributed by atoms with Gasteiger partial charge in [0.15, 0.2) is 5.71 Å². The highest BCUT2D eigenvalue weighted by molar-refractivity contribution is 7.86. The van der Waals surface area contributed by atoms with Gasteiger partial charge in [0.05, 0.1) is 21.8 Å². The van der Waals surface area contributed by atoms with Crippen molar-refractivity contribution in [3.05, 3.63) is 100 Å². The van der Waals surface area contributed by atoms with Gasteiger partial charge in [-0.2, -0.15) is 29.8 Å². The monoisotopic (exact) mass is 861 g/mol. The average Bonchev–Trinajstić information content (AvgIpc) is 3.49. The van der Waals surface area contributed by atoms with Crippen LogP contribution in [0.5, 0.6) is 0 Å². The average molecular weight is 862 g/mol. The van der Waals surface area contributed by atoms with Gasteiger partial charge in [0.2, 0.25) is 11.6 Å². The lowest BCUT2D eigenvalue weighted by Crippen LogP contribution is -2.30. The van der Waals surface area contributed by atoms with Crippen LogP contribution in [0.2, 0.25) is 0 Å². The number of azide groups is 1. The van der Waals surface area contributed by atoms with Crippen LogP contribution in [0.4, 0.5) is 11.4 Å². The summed E-state index contributed by atoms with van der Waals surface area (Å²) in [5, 5.41) is 6.26. The zero-order valence-electron chi connectivity index (χ0n) is 33.0. The zero-order valence-corrected chi connectivity index (χ0v) is 35.4. The number of para-hydroxylation sites is 1. The van der Waals surface area contributed by atoms with Crippen molar-refractivity contribution in [2.75, 3.05) is 42.6 Å². The van der Waals surface area contributed by atoms with Crippen LogP contribution in [0.3, 0.4) is 0 Å². The Balaban J connectivity index is 1.65. The summed E-state index contributed by atoms with van der Waals surface area (Å²) in [4.78, 5) is 16.7. The summed E-state index contributed by atoms with van der Waals surface area (Å²) in [5.74, 6) is -0.986. The molecule has 4 rings (SSSR count). The fourth-order valence-corrected chi connectivity index (χ4v) is 9.19. The molecular weight excluding hydrogens is 809 g/mol. The number of carbonyl (C=O) groups is 1. The molecule has 2 heterocycles. The lowest BCUT2D eigenvalue weighted by Gasteiger charge is -2.30. The second-order valence-corrected chi connectivity index (χ2v) is 19.7. The van der Waals surface area contributed by atoms with E-state index in [0.29, 0.717) is 62.9 Å². The van der Waals surface area contributed by atoms with Crippen molar-refractivity contribution in [3.63, 3.8) is 0 Å². The van der Waals surface area contributed by atoms with E-state index in [2.05, 4.69) is 29.2 Å². The number of anilines is 1. The van der Waals surface area contributed by atoms with Gasteiger partial charge in [0.1, 0.15) is 6.54 Å². The van der Waals surface area contributed by atoms with E-state index in [4.69, 9.17) is 5.53 Å². The van der Waals surface area contributed by atoms with Crippen LogP contribution in [0, 0.1) is 0 Å². The molecule has 4 N–H and O–H groups in total. The van der Waals surface area contributed by atoms with E-state index in [1.807, 2.05) is 71.0 Å². The van der Waals surface area contributed by atoms with Crippen LogP contribution in [-0.4, -0.2) is 92.8 Å². The van der Waals surface area contributed by atoms with Gasteiger partial charge in [-0.05, 0) is 81.8 Å². The number of carbonyl (C=O) groups excluding carboxylic acids is 1. The second-order valence-electron chi connectivity index (χ2n) is 15.1. The number of unbranched alkanes of at least 4 members (excludes halogenated alkanes) is 2. The minimum atomic E-state index is -4.57. The molecule has 0 fully saturated rings. The number of fused-ring (bicyclic) bond motifs is 2. The Morgan fingerprint density at radius 2 is 1.59 bits per heavy atom. The number of amides is 1. The zero-order chi connectivity index (χ0) is 42.8. The van der Waals surface area contributed by atoms with E-state index < -0.39 is 46.9 Å². The van der Waals surface area contributed by atoms with Gasteiger partial charge in [-0.15, -0.1) is 0 Å². The molecule has 0 radical (unpaired) electrons. The third kappa shape index (κ3) is 12.3. The number of benzene rings is 2. The van der Waals surface area contributed by atoms with E-state index in [0.717, 1.165) is 22.7 Å². The number of hydrogen-bond acceptors (Lipinski definition) is 9. The summed E-state index contributed by atoms with van der Waals surface area (Å²) in [7, 11) is -13.0. The number of rotatable bonds is 22. The second kappa shape index (κ2) is 19.6. The maximum absolute atomic E-state index is 12.3. The van der Waals surface area contributed by atoms with Crippen molar-refractivity contribution in [1.29, 1.82) is 0 Å². The maximum Gasteiger partial charge on any atom is 0.294 e. The van der Waals surface area contributed by atoms with Crippen LogP contribution < -0.4 is 10.2 Å². The van der Waals surface area contributed by atoms with Gasteiger partial charge in [-0.3, -0.25) is 18.5 Å². The van der Waals surface area contributed by atoms with E-state index in [-0.39, 0.29) is 42.5 Å². The Hall–Kier alpha value is -4.36. The number of nitrogens with one attached hydrogen (secondary N) is 1. The molecule has 0 aliphatic carbocycles. The summed E-state index contributed by atoms with van der Waals surface area (Å²) in [5.41, 5.74) is 12.1. The molecule has 2 aliphatic heterocycles. The Labute approximate surface area is 341 Å². The molecule has 0 bridgehead atoms. The number of allylic oxidation sites excluding steroid dienone is 6. The largest absolute Gasteiger partial charge is 0.356 e. The first kappa shape index (κ1) is 46.3. The van der Waals surface area contributed by atoms with Crippen LogP contribution in [0.1, 0.15) is 83.3 Å². The van der Waals surface area contributed by atoms with E-state index in [1.165, 1.54) is 12.1 Å². The van der Waals surface area contributed by atoms with Gasteiger partial charge >= 0.3 is 0 Å². The van der Waals surface area contributed by atoms with Gasteiger partial charge in [0.25, 0.3) is 30.4 Å². The Bertz CT molecular complexity index is 2350. The molecule has 2 aliphatic rings. The molecule has 58 heavy (non-hydrogen) atoms. The lowest BCUT2D eigenvalue weighted by molar-refractivity contribution is -0.437. The minimum Gasteiger partial charge on any atom is -0.356 e. The van der Waals surface area contributed by atoms with Crippen LogP contribution in [0.15, 0.2) is 88.6 Å². The summed E-state index contributed by atoms with van der Waals surface area (Å²) in [6, 6.07) is 12.2.